The monoisotopic (exact) mass is 355 g/mol. The molecule has 4 nitrogen and oxygen atoms in total. The van der Waals surface area contributed by atoms with Crippen molar-refractivity contribution in [2.45, 2.75) is 63.3 Å². The predicted molar refractivity (Wildman–Crippen MR) is 99.5 cm³/mol. The summed E-state index contributed by atoms with van der Waals surface area (Å²) in [6, 6.07) is 9.92. The van der Waals surface area contributed by atoms with Crippen molar-refractivity contribution in [2.24, 2.45) is 17.8 Å². The van der Waals surface area contributed by atoms with Crippen molar-refractivity contribution < 1.29 is 14.3 Å². The lowest BCUT2D eigenvalue weighted by atomic mass is 9.53. The zero-order valence-corrected chi connectivity index (χ0v) is 15.6. The highest BCUT2D eigenvalue weighted by atomic mass is 16.5. The smallest absolute Gasteiger partial charge is 0.306 e. The molecular formula is C22H29NO3. The number of amides is 1. The van der Waals surface area contributed by atoms with Crippen molar-refractivity contribution in [3.05, 3.63) is 35.9 Å². The van der Waals surface area contributed by atoms with E-state index >= 15 is 0 Å². The molecule has 0 spiro atoms. The summed E-state index contributed by atoms with van der Waals surface area (Å²) in [7, 11) is 0. The maximum absolute atomic E-state index is 12.4. The minimum atomic E-state index is -0.304. The number of carbonyl (C=O) groups is 2. The van der Waals surface area contributed by atoms with Crippen molar-refractivity contribution in [1.29, 1.82) is 0 Å². The van der Waals surface area contributed by atoms with Crippen LogP contribution in [0.3, 0.4) is 0 Å². The van der Waals surface area contributed by atoms with E-state index in [1.54, 1.807) is 0 Å². The van der Waals surface area contributed by atoms with Gasteiger partial charge in [0, 0.05) is 5.54 Å². The number of hydrogen-bond acceptors (Lipinski definition) is 3. The van der Waals surface area contributed by atoms with Gasteiger partial charge in [0.05, 0.1) is 6.42 Å². The van der Waals surface area contributed by atoms with Crippen LogP contribution in [0.2, 0.25) is 0 Å². The van der Waals surface area contributed by atoms with E-state index in [4.69, 9.17) is 4.74 Å². The van der Waals surface area contributed by atoms with Crippen LogP contribution in [-0.4, -0.2) is 24.0 Å². The van der Waals surface area contributed by atoms with E-state index in [0.717, 1.165) is 42.6 Å². The number of carbonyl (C=O) groups excluding carboxylic acids is 2. The average molecular weight is 355 g/mol. The molecule has 1 aromatic carbocycles. The van der Waals surface area contributed by atoms with Crippen LogP contribution in [0, 0.1) is 17.8 Å². The van der Waals surface area contributed by atoms with Crippen molar-refractivity contribution in [3.63, 3.8) is 0 Å². The van der Waals surface area contributed by atoms with Crippen LogP contribution in [0.25, 0.3) is 0 Å². The first kappa shape index (κ1) is 17.6. The van der Waals surface area contributed by atoms with Crippen molar-refractivity contribution >= 4 is 11.9 Å². The van der Waals surface area contributed by atoms with Gasteiger partial charge in [-0.05, 0) is 67.8 Å². The molecule has 26 heavy (non-hydrogen) atoms. The summed E-state index contributed by atoms with van der Waals surface area (Å²) in [5, 5.41) is 3.25. The van der Waals surface area contributed by atoms with Gasteiger partial charge in [-0.15, -0.1) is 0 Å². The van der Waals surface area contributed by atoms with E-state index in [0.29, 0.717) is 6.42 Å². The fraction of sp³-hybridized carbons (Fsp3) is 0.636. The molecule has 4 heteroatoms. The highest BCUT2D eigenvalue weighted by Crippen LogP contribution is 2.55. The summed E-state index contributed by atoms with van der Waals surface area (Å²) in [6.07, 6.45) is 7.69. The van der Waals surface area contributed by atoms with E-state index in [2.05, 4.69) is 5.32 Å². The topological polar surface area (TPSA) is 55.4 Å². The van der Waals surface area contributed by atoms with Gasteiger partial charge in [-0.25, -0.2) is 0 Å². The Morgan fingerprint density at radius 3 is 2.23 bits per heavy atom. The fourth-order valence-corrected chi connectivity index (χ4v) is 5.95. The molecule has 4 aliphatic carbocycles. The second-order valence-corrected chi connectivity index (χ2v) is 8.92. The van der Waals surface area contributed by atoms with Gasteiger partial charge < -0.3 is 10.1 Å². The van der Waals surface area contributed by atoms with E-state index in [1.807, 2.05) is 37.3 Å². The fourth-order valence-electron chi connectivity index (χ4n) is 5.95. The Labute approximate surface area is 155 Å². The number of nitrogens with one attached hydrogen (secondary N) is 1. The van der Waals surface area contributed by atoms with Crippen LogP contribution in [0.5, 0.6) is 0 Å². The molecule has 0 unspecified atom stereocenters. The molecule has 1 atom stereocenters. The molecule has 0 saturated heterocycles. The van der Waals surface area contributed by atoms with Gasteiger partial charge >= 0.3 is 5.97 Å². The highest BCUT2D eigenvalue weighted by Gasteiger charge is 2.51. The van der Waals surface area contributed by atoms with Gasteiger partial charge in [-0.1, -0.05) is 37.3 Å². The maximum atomic E-state index is 12.4. The molecule has 140 valence electrons. The lowest BCUT2D eigenvalue weighted by molar-refractivity contribution is -0.150. The second-order valence-electron chi connectivity index (χ2n) is 8.92. The van der Waals surface area contributed by atoms with Gasteiger partial charge in [-0.3, -0.25) is 9.59 Å². The first-order chi connectivity index (χ1) is 12.5. The van der Waals surface area contributed by atoms with E-state index in [-0.39, 0.29) is 29.9 Å². The Morgan fingerprint density at radius 2 is 1.65 bits per heavy atom. The minimum Gasteiger partial charge on any atom is -0.456 e. The Bertz CT molecular complexity index is 634. The zero-order chi connectivity index (χ0) is 18.1. The van der Waals surface area contributed by atoms with Crippen molar-refractivity contribution in [1.82, 2.24) is 5.32 Å². The lowest BCUT2D eigenvalue weighted by Gasteiger charge is -2.56. The first-order valence-corrected chi connectivity index (χ1v) is 10.0. The Hall–Kier alpha value is -1.84. The molecule has 4 bridgehead atoms. The third-order valence-electron chi connectivity index (χ3n) is 6.65. The Kier molecular flexibility index (Phi) is 4.76. The van der Waals surface area contributed by atoms with Gasteiger partial charge in [0.1, 0.15) is 0 Å². The average Bonchev–Trinajstić information content (AvgIpc) is 2.59. The molecule has 0 aliphatic heterocycles. The van der Waals surface area contributed by atoms with Gasteiger partial charge in [0.15, 0.2) is 6.61 Å². The number of benzene rings is 1. The van der Waals surface area contributed by atoms with E-state index in [9.17, 15) is 9.59 Å². The minimum absolute atomic E-state index is 0.0183. The molecule has 1 N–H and O–H groups in total. The quantitative estimate of drug-likeness (QED) is 0.790. The first-order valence-electron chi connectivity index (χ1n) is 10.0. The van der Waals surface area contributed by atoms with Crippen LogP contribution in [0.4, 0.5) is 0 Å². The molecule has 5 rings (SSSR count). The molecule has 1 amide bonds. The summed E-state index contributed by atoms with van der Waals surface area (Å²) < 4.78 is 5.26. The van der Waals surface area contributed by atoms with Crippen LogP contribution in [0.1, 0.15) is 63.4 Å². The molecular weight excluding hydrogens is 326 g/mol. The number of hydrogen-bond donors (Lipinski definition) is 1. The summed E-state index contributed by atoms with van der Waals surface area (Å²) in [6.45, 7) is 1.86. The van der Waals surface area contributed by atoms with Crippen LogP contribution >= 0.6 is 0 Å². The van der Waals surface area contributed by atoms with Crippen molar-refractivity contribution in [2.75, 3.05) is 6.61 Å². The highest BCUT2D eigenvalue weighted by molar-refractivity contribution is 5.81. The third kappa shape index (κ3) is 3.79. The van der Waals surface area contributed by atoms with Crippen LogP contribution in [-0.2, 0) is 14.3 Å². The zero-order valence-electron chi connectivity index (χ0n) is 15.6. The molecule has 0 heterocycles. The largest absolute Gasteiger partial charge is 0.456 e. The SMILES string of the molecule is C[C@H](CC(=O)OCC(=O)NC12CC3CC(CC(C3)C1)C2)c1ccccc1. The standard InChI is InChI=1S/C22H29NO3/c1-15(19-5-3-2-4-6-19)7-21(25)26-14-20(24)23-22-11-16-8-17(12-22)10-18(9-16)13-22/h2-6,15-18H,7-14H2,1H3,(H,23,24)/t15-,16?,17?,18?,22?/m1/s1. The normalized spacial score (nSPS) is 32.9. The molecule has 4 aliphatic rings. The maximum Gasteiger partial charge on any atom is 0.306 e. The summed E-state index contributed by atoms with van der Waals surface area (Å²) in [4.78, 5) is 24.5. The molecule has 0 radical (unpaired) electrons. The Balaban J connectivity index is 1.25. The van der Waals surface area contributed by atoms with Gasteiger partial charge in [-0.2, -0.15) is 0 Å². The number of rotatable bonds is 6. The van der Waals surface area contributed by atoms with Gasteiger partial charge in [0.2, 0.25) is 0 Å². The molecule has 1 aromatic rings. The van der Waals surface area contributed by atoms with Crippen molar-refractivity contribution in [3.8, 4) is 0 Å². The number of esters is 1. The Morgan fingerprint density at radius 1 is 1.08 bits per heavy atom. The third-order valence-corrected chi connectivity index (χ3v) is 6.65. The van der Waals surface area contributed by atoms with Crippen LogP contribution < -0.4 is 5.32 Å². The summed E-state index contributed by atoms with van der Waals surface area (Å²) in [5.74, 6) is 2.02. The van der Waals surface area contributed by atoms with E-state index < -0.39 is 0 Å². The van der Waals surface area contributed by atoms with Gasteiger partial charge in [0.25, 0.3) is 5.91 Å². The molecule has 4 saturated carbocycles. The second kappa shape index (κ2) is 7.05. The van der Waals surface area contributed by atoms with E-state index in [1.165, 1.54) is 19.3 Å². The number of ether oxygens (including phenoxy) is 1. The molecule has 0 aromatic heterocycles. The summed E-state index contributed by atoms with van der Waals surface area (Å²) >= 11 is 0. The summed E-state index contributed by atoms with van der Waals surface area (Å²) in [5.41, 5.74) is 1.10. The predicted octanol–water partition coefficient (Wildman–Crippen LogP) is 3.81. The van der Waals surface area contributed by atoms with Crippen LogP contribution in [0.15, 0.2) is 30.3 Å². The molecule has 4 fully saturated rings. The lowest BCUT2D eigenvalue weighted by Crippen LogP contribution is -2.60.